The van der Waals surface area contributed by atoms with Gasteiger partial charge in [-0.2, -0.15) is 0 Å². The summed E-state index contributed by atoms with van der Waals surface area (Å²) < 4.78 is 18.4. The van der Waals surface area contributed by atoms with Crippen molar-refractivity contribution in [3.63, 3.8) is 0 Å². The molecule has 0 spiro atoms. The van der Waals surface area contributed by atoms with E-state index in [0.717, 1.165) is 5.56 Å². The van der Waals surface area contributed by atoms with Crippen LogP contribution >= 0.6 is 11.6 Å². The molecular weight excluding hydrogens is 305 g/mol. The Labute approximate surface area is 131 Å². The zero-order valence-corrected chi connectivity index (χ0v) is 12.1. The minimum absolute atomic E-state index is 0.0551. The number of anilines is 1. The summed E-state index contributed by atoms with van der Waals surface area (Å²) in [6.07, 6.45) is 1.45. The highest BCUT2D eigenvalue weighted by atomic mass is 35.5. The molecule has 0 radical (unpaired) electrons. The quantitative estimate of drug-likeness (QED) is 0.739. The van der Waals surface area contributed by atoms with Crippen LogP contribution in [-0.4, -0.2) is 5.91 Å². The second kappa shape index (κ2) is 6.03. The van der Waals surface area contributed by atoms with Crippen LogP contribution in [-0.2, 0) is 0 Å². The van der Waals surface area contributed by atoms with Crippen molar-refractivity contribution in [1.29, 1.82) is 0 Å². The zero-order valence-electron chi connectivity index (χ0n) is 11.3. The van der Waals surface area contributed by atoms with Crippen molar-refractivity contribution >= 4 is 23.2 Å². The van der Waals surface area contributed by atoms with Crippen LogP contribution in [0.15, 0.2) is 65.3 Å². The van der Waals surface area contributed by atoms with E-state index in [-0.39, 0.29) is 10.8 Å². The fourth-order valence-corrected chi connectivity index (χ4v) is 2.27. The highest BCUT2D eigenvalue weighted by Gasteiger charge is 2.17. The molecule has 3 rings (SSSR count). The molecule has 0 saturated heterocycles. The van der Waals surface area contributed by atoms with Crippen LogP contribution in [0.4, 0.5) is 10.1 Å². The largest absolute Gasteiger partial charge is 0.459 e. The summed E-state index contributed by atoms with van der Waals surface area (Å²) in [6, 6.07) is 15.1. The van der Waals surface area contributed by atoms with E-state index in [1.165, 1.54) is 24.5 Å². The van der Waals surface area contributed by atoms with Crippen LogP contribution in [0, 0.1) is 5.82 Å². The summed E-state index contributed by atoms with van der Waals surface area (Å²) in [5.41, 5.74) is 1.96. The van der Waals surface area contributed by atoms with Gasteiger partial charge in [0.2, 0.25) is 0 Å². The SMILES string of the molecule is O=C(Nc1ccc(F)c(Cl)c1)c1occc1-c1ccccc1. The number of hydrogen-bond donors (Lipinski definition) is 1. The third-order valence-corrected chi connectivity index (χ3v) is 3.42. The van der Waals surface area contributed by atoms with Crippen LogP contribution < -0.4 is 5.32 Å². The molecule has 110 valence electrons. The second-order valence-electron chi connectivity index (χ2n) is 4.61. The summed E-state index contributed by atoms with van der Waals surface area (Å²) in [6.45, 7) is 0. The molecule has 0 aliphatic heterocycles. The third-order valence-electron chi connectivity index (χ3n) is 3.13. The number of benzene rings is 2. The van der Waals surface area contributed by atoms with Crippen molar-refractivity contribution < 1.29 is 13.6 Å². The Morgan fingerprint density at radius 3 is 2.59 bits per heavy atom. The number of hydrogen-bond acceptors (Lipinski definition) is 2. The molecule has 5 heteroatoms. The molecule has 0 unspecified atom stereocenters. The van der Waals surface area contributed by atoms with E-state index >= 15 is 0 Å². The van der Waals surface area contributed by atoms with Crippen molar-refractivity contribution in [2.45, 2.75) is 0 Å². The lowest BCUT2D eigenvalue weighted by atomic mass is 10.1. The Balaban J connectivity index is 1.87. The monoisotopic (exact) mass is 315 g/mol. The lowest BCUT2D eigenvalue weighted by Gasteiger charge is -2.06. The van der Waals surface area contributed by atoms with Crippen LogP contribution in [0.2, 0.25) is 5.02 Å². The lowest BCUT2D eigenvalue weighted by molar-refractivity contribution is 0.0997. The maximum absolute atomic E-state index is 13.1. The molecule has 2 aromatic carbocycles. The molecule has 3 aromatic rings. The minimum atomic E-state index is -0.539. The van der Waals surface area contributed by atoms with Gasteiger partial charge >= 0.3 is 0 Å². The van der Waals surface area contributed by atoms with Crippen LogP contribution in [0.3, 0.4) is 0 Å². The van der Waals surface area contributed by atoms with Crippen molar-refractivity contribution in [2.75, 3.05) is 5.32 Å². The Morgan fingerprint density at radius 1 is 1.09 bits per heavy atom. The number of nitrogens with one attached hydrogen (secondary N) is 1. The van der Waals surface area contributed by atoms with E-state index in [2.05, 4.69) is 5.32 Å². The van der Waals surface area contributed by atoms with Gasteiger partial charge in [-0.15, -0.1) is 0 Å². The van der Waals surface area contributed by atoms with Crippen LogP contribution in [0.25, 0.3) is 11.1 Å². The first-order chi connectivity index (χ1) is 10.6. The Kier molecular flexibility index (Phi) is 3.94. The summed E-state index contributed by atoms with van der Waals surface area (Å²) >= 11 is 5.70. The van der Waals surface area contributed by atoms with E-state index in [9.17, 15) is 9.18 Å². The number of carbonyl (C=O) groups excluding carboxylic acids is 1. The second-order valence-corrected chi connectivity index (χ2v) is 5.02. The van der Waals surface area contributed by atoms with Crippen molar-refractivity contribution in [2.24, 2.45) is 0 Å². The first kappa shape index (κ1) is 14.4. The van der Waals surface area contributed by atoms with E-state index in [1.54, 1.807) is 6.07 Å². The van der Waals surface area contributed by atoms with Gasteiger partial charge in [0.1, 0.15) is 5.82 Å². The standard InChI is InChI=1S/C17H11ClFNO2/c18-14-10-12(6-7-15(14)19)20-17(21)16-13(8-9-22-16)11-4-2-1-3-5-11/h1-10H,(H,20,21). The molecule has 22 heavy (non-hydrogen) atoms. The molecule has 1 aromatic heterocycles. The lowest BCUT2D eigenvalue weighted by Crippen LogP contribution is -2.12. The number of carbonyl (C=O) groups is 1. The number of halogens is 2. The summed E-state index contributed by atoms with van der Waals surface area (Å²) in [7, 11) is 0. The molecule has 1 amide bonds. The smallest absolute Gasteiger partial charge is 0.292 e. The van der Waals surface area contributed by atoms with E-state index < -0.39 is 11.7 Å². The van der Waals surface area contributed by atoms with Crippen molar-refractivity contribution in [3.05, 3.63) is 77.5 Å². The summed E-state index contributed by atoms with van der Waals surface area (Å²) in [4.78, 5) is 12.3. The van der Waals surface area contributed by atoms with Gasteiger partial charge in [-0.05, 0) is 29.8 Å². The highest BCUT2D eigenvalue weighted by Crippen LogP contribution is 2.26. The Morgan fingerprint density at radius 2 is 1.86 bits per heavy atom. The van der Waals surface area contributed by atoms with Gasteiger partial charge in [0, 0.05) is 11.3 Å². The molecule has 1 heterocycles. The summed E-state index contributed by atoms with van der Waals surface area (Å²) in [5.74, 6) is -0.777. The normalized spacial score (nSPS) is 10.5. The first-order valence-corrected chi connectivity index (χ1v) is 6.92. The average molecular weight is 316 g/mol. The maximum Gasteiger partial charge on any atom is 0.292 e. The number of rotatable bonds is 3. The summed E-state index contributed by atoms with van der Waals surface area (Å²) in [5, 5.41) is 2.58. The minimum Gasteiger partial charge on any atom is -0.459 e. The fraction of sp³-hybridized carbons (Fsp3) is 0. The zero-order chi connectivity index (χ0) is 15.5. The topological polar surface area (TPSA) is 42.2 Å². The van der Waals surface area contributed by atoms with Gasteiger partial charge in [0.05, 0.1) is 11.3 Å². The number of amides is 1. The molecule has 1 N–H and O–H groups in total. The van der Waals surface area contributed by atoms with Gasteiger partial charge in [-0.1, -0.05) is 41.9 Å². The van der Waals surface area contributed by atoms with Crippen LogP contribution in [0.1, 0.15) is 10.6 Å². The molecule has 0 bridgehead atoms. The molecule has 0 fully saturated rings. The van der Waals surface area contributed by atoms with Gasteiger partial charge in [-0.25, -0.2) is 4.39 Å². The molecular formula is C17H11ClFNO2. The van der Waals surface area contributed by atoms with E-state index in [1.807, 2.05) is 30.3 Å². The molecule has 0 aliphatic carbocycles. The highest BCUT2D eigenvalue weighted by molar-refractivity contribution is 6.31. The van der Waals surface area contributed by atoms with E-state index in [4.69, 9.17) is 16.0 Å². The van der Waals surface area contributed by atoms with Gasteiger partial charge in [0.25, 0.3) is 5.91 Å². The number of furan rings is 1. The Bertz CT molecular complexity index is 815. The van der Waals surface area contributed by atoms with Gasteiger partial charge in [0.15, 0.2) is 5.76 Å². The predicted molar refractivity (Wildman–Crippen MR) is 83.5 cm³/mol. The average Bonchev–Trinajstić information content (AvgIpc) is 3.01. The van der Waals surface area contributed by atoms with Crippen LogP contribution in [0.5, 0.6) is 0 Å². The predicted octanol–water partition coefficient (Wildman–Crippen LogP) is 4.99. The molecule has 0 saturated carbocycles. The fourth-order valence-electron chi connectivity index (χ4n) is 2.09. The van der Waals surface area contributed by atoms with E-state index in [0.29, 0.717) is 11.3 Å². The Hall–Kier alpha value is -2.59. The first-order valence-electron chi connectivity index (χ1n) is 6.54. The maximum atomic E-state index is 13.1. The molecule has 3 nitrogen and oxygen atoms in total. The molecule has 0 atom stereocenters. The molecule has 0 aliphatic rings. The van der Waals surface area contributed by atoms with Crippen molar-refractivity contribution in [3.8, 4) is 11.1 Å². The third kappa shape index (κ3) is 2.87. The van der Waals surface area contributed by atoms with Gasteiger partial charge < -0.3 is 9.73 Å². The van der Waals surface area contributed by atoms with Crippen molar-refractivity contribution in [1.82, 2.24) is 0 Å². The van der Waals surface area contributed by atoms with Gasteiger partial charge in [-0.3, -0.25) is 4.79 Å².